The summed E-state index contributed by atoms with van der Waals surface area (Å²) >= 11 is 1.47. The van der Waals surface area contributed by atoms with Crippen molar-refractivity contribution < 1.29 is 14.4 Å². The maximum Gasteiger partial charge on any atom is 0.220 e. The number of nitrogens with zero attached hydrogens (tertiary/aromatic N) is 1. The van der Waals surface area contributed by atoms with Crippen molar-refractivity contribution in [1.82, 2.24) is 0 Å². The largest absolute Gasteiger partial charge is 0.354 e. The molecule has 100 valence electrons. The summed E-state index contributed by atoms with van der Waals surface area (Å²) in [6.07, 6.45) is -0.566. The van der Waals surface area contributed by atoms with Crippen LogP contribution in [0.3, 0.4) is 0 Å². The molecular formula is C12H17NO4S. The fourth-order valence-corrected chi connectivity index (χ4v) is 2.75. The molecule has 0 saturated carbocycles. The van der Waals surface area contributed by atoms with Gasteiger partial charge in [-0.25, -0.2) is 0 Å². The predicted molar refractivity (Wildman–Crippen MR) is 71.2 cm³/mol. The molecule has 1 aromatic carbocycles. The summed E-state index contributed by atoms with van der Waals surface area (Å²) in [4.78, 5) is 10.3. The van der Waals surface area contributed by atoms with Crippen molar-refractivity contribution in [2.45, 2.75) is 17.3 Å². The first-order chi connectivity index (χ1) is 8.67. The van der Waals surface area contributed by atoms with Gasteiger partial charge in [-0.3, -0.25) is 10.1 Å². The molecule has 6 heteroatoms. The summed E-state index contributed by atoms with van der Waals surface area (Å²) in [5.41, 5.74) is 1.13. The summed E-state index contributed by atoms with van der Waals surface area (Å²) in [6, 6.07) is 9.82. The van der Waals surface area contributed by atoms with Crippen LogP contribution in [0.25, 0.3) is 0 Å². The molecular weight excluding hydrogens is 254 g/mol. The SMILES string of the molecule is COC(OC)C(C[N+](=O)[O-])SCc1ccccc1. The highest BCUT2D eigenvalue weighted by molar-refractivity contribution is 7.99. The predicted octanol–water partition coefficient (Wildman–Crippen LogP) is 2.18. The molecule has 0 N–H and O–H groups in total. The lowest BCUT2D eigenvalue weighted by atomic mass is 10.2. The van der Waals surface area contributed by atoms with E-state index in [4.69, 9.17) is 9.47 Å². The molecule has 0 spiro atoms. The average molecular weight is 271 g/mol. The van der Waals surface area contributed by atoms with E-state index in [1.54, 1.807) is 0 Å². The lowest BCUT2D eigenvalue weighted by Gasteiger charge is -2.21. The fourth-order valence-electron chi connectivity index (χ4n) is 1.54. The van der Waals surface area contributed by atoms with Gasteiger partial charge in [0.05, 0.1) is 0 Å². The Balaban J connectivity index is 2.58. The number of rotatable bonds is 8. The van der Waals surface area contributed by atoms with Crippen molar-refractivity contribution in [3.8, 4) is 0 Å². The molecule has 0 aromatic heterocycles. The van der Waals surface area contributed by atoms with Crippen LogP contribution in [0.2, 0.25) is 0 Å². The van der Waals surface area contributed by atoms with Gasteiger partial charge >= 0.3 is 0 Å². The Labute approximate surface area is 111 Å². The third-order valence-electron chi connectivity index (χ3n) is 2.40. The fraction of sp³-hybridized carbons (Fsp3) is 0.500. The molecule has 0 aliphatic heterocycles. The first-order valence-electron chi connectivity index (χ1n) is 5.50. The lowest BCUT2D eigenvalue weighted by Crippen LogP contribution is -2.33. The zero-order valence-electron chi connectivity index (χ0n) is 10.4. The molecule has 0 bridgehead atoms. The number of thioether (sulfide) groups is 1. The van der Waals surface area contributed by atoms with Gasteiger partial charge in [-0.05, 0) is 5.56 Å². The van der Waals surface area contributed by atoms with Crippen LogP contribution in [0, 0.1) is 10.1 Å². The molecule has 1 rings (SSSR count). The van der Waals surface area contributed by atoms with E-state index in [0.29, 0.717) is 5.75 Å². The van der Waals surface area contributed by atoms with Crippen LogP contribution in [0.4, 0.5) is 0 Å². The van der Waals surface area contributed by atoms with Crippen molar-refractivity contribution in [3.63, 3.8) is 0 Å². The molecule has 0 amide bonds. The molecule has 1 unspecified atom stereocenters. The Morgan fingerprint density at radius 2 is 1.89 bits per heavy atom. The standard InChI is InChI=1S/C12H17NO4S/c1-16-12(17-2)11(8-13(14)15)18-9-10-6-4-3-5-7-10/h3-7,11-12H,8-9H2,1-2H3. The van der Waals surface area contributed by atoms with Crippen LogP contribution in [0.15, 0.2) is 30.3 Å². The Hall–Kier alpha value is -1.11. The van der Waals surface area contributed by atoms with Crippen molar-refractivity contribution in [3.05, 3.63) is 46.0 Å². The highest BCUT2D eigenvalue weighted by Gasteiger charge is 2.26. The van der Waals surface area contributed by atoms with Crippen LogP contribution in [-0.2, 0) is 15.2 Å². The van der Waals surface area contributed by atoms with E-state index < -0.39 is 6.29 Å². The summed E-state index contributed by atoms with van der Waals surface area (Å²) in [5, 5.41) is 10.3. The van der Waals surface area contributed by atoms with Gasteiger partial charge in [0.15, 0.2) is 6.29 Å². The van der Waals surface area contributed by atoms with Gasteiger partial charge < -0.3 is 9.47 Å². The molecule has 0 aliphatic rings. The first kappa shape index (κ1) is 14.9. The van der Waals surface area contributed by atoms with E-state index in [-0.39, 0.29) is 16.7 Å². The molecule has 18 heavy (non-hydrogen) atoms. The van der Waals surface area contributed by atoms with Crippen molar-refractivity contribution in [2.75, 3.05) is 20.8 Å². The van der Waals surface area contributed by atoms with Crippen LogP contribution in [0.1, 0.15) is 5.56 Å². The highest BCUT2D eigenvalue weighted by Crippen LogP contribution is 2.22. The molecule has 0 fully saturated rings. The van der Waals surface area contributed by atoms with E-state index in [1.165, 1.54) is 26.0 Å². The highest BCUT2D eigenvalue weighted by atomic mass is 32.2. The van der Waals surface area contributed by atoms with Crippen LogP contribution >= 0.6 is 11.8 Å². The lowest BCUT2D eigenvalue weighted by molar-refractivity contribution is -0.482. The average Bonchev–Trinajstić information content (AvgIpc) is 2.38. The van der Waals surface area contributed by atoms with Crippen LogP contribution in [0.5, 0.6) is 0 Å². The van der Waals surface area contributed by atoms with Gasteiger partial charge in [-0.2, -0.15) is 0 Å². The van der Waals surface area contributed by atoms with Crippen molar-refractivity contribution in [2.24, 2.45) is 0 Å². The first-order valence-corrected chi connectivity index (χ1v) is 6.55. The minimum absolute atomic E-state index is 0.177. The summed E-state index contributed by atoms with van der Waals surface area (Å²) in [5.74, 6) is 0.697. The van der Waals surface area contributed by atoms with Crippen LogP contribution < -0.4 is 0 Å². The summed E-state index contributed by atoms with van der Waals surface area (Å²) in [6.45, 7) is -0.177. The Morgan fingerprint density at radius 1 is 1.28 bits per heavy atom. The van der Waals surface area contributed by atoms with Crippen LogP contribution in [-0.4, -0.2) is 37.2 Å². The number of nitro groups is 1. The Kier molecular flexibility index (Phi) is 6.70. The Bertz CT molecular complexity index is 356. The van der Waals surface area contributed by atoms with E-state index in [0.717, 1.165) is 5.56 Å². The molecule has 5 nitrogen and oxygen atoms in total. The molecule has 0 saturated heterocycles. The van der Waals surface area contributed by atoms with E-state index in [2.05, 4.69) is 0 Å². The second-order valence-electron chi connectivity index (χ2n) is 3.69. The van der Waals surface area contributed by atoms with E-state index >= 15 is 0 Å². The van der Waals surface area contributed by atoms with Gasteiger partial charge in [0, 0.05) is 24.9 Å². The molecule has 0 radical (unpaired) electrons. The van der Waals surface area contributed by atoms with Crippen molar-refractivity contribution >= 4 is 11.8 Å². The van der Waals surface area contributed by atoms with Gasteiger partial charge in [-0.15, -0.1) is 11.8 Å². The van der Waals surface area contributed by atoms with E-state index in [9.17, 15) is 10.1 Å². The monoisotopic (exact) mass is 271 g/mol. The van der Waals surface area contributed by atoms with Crippen molar-refractivity contribution in [1.29, 1.82) is 0 Å². The number of hydrogen-bond acceptors (Lipinski definition) is 5. The number of ether oxygens (including phenoxy) is 2. The third kappa shape index (κ3) is 5.03. The quantitative estimate of drug-likeness (QED) is 0.412. The van der Waals surface area contributed by atoms with Gasteiger partial charge in [0.25, 0.3) is 0 Å². The molecule has 0 aliphatic carbocycles. The molecule has 1 aromatic rings. The van der Waals surface area contributed by atoms with Gasteiger partial charge in [0.2, 0.25) is 6.54 Å². The second kappa shape index (κ2) is 8.07. The zero-order valence-corrected chi connectivity index (χ0v) is 11.3. The number of methoxy groups -OCH3 is 2. The minimum Gasteiger partial charge on any atom is -0.354 e. The Morgan fingerprint density at radius 3 is 2.39 bits per heavy atom. The second-order valence-corrected chi connectivity index (χ2v) is 4.92. The topological polar surface area (TPSA) is 61.6 Å². The normalized spacial score (nSPS) is 12.6. The number of hydrogen-bond donors (Lipinski definition) is 0. The molecule has 0 heterocycles. The maximum absolute atomic E-state index is 10.6. The van der Waals surface area contributed by atoms with E-state index in [1.807, 2.05) is 30.3 Å². The molecule has 1 atom stereocenters. The zero-order chi connectivity index (χ0) is 13.4. The minimum atomic E-state index is -0.566. The summed E-state index contributed by atoms with van der Waals surface area (Å²) in [7, 11) is 2.98. The summed E-state index contributed by atoms with van der Waals surface area (Å²) < 4.78 is 10.2. The smallest absolute Gasteiger partial charge is 0.220 e. The maximum atomic E-state index is 10.6. The third-order valence-corrected chi connectivity index (χ3v) is 3.70. The number of benzene rings is 1. The van der Waals surface area contributed by atoms with Gasteiger partial charge in [-0.1, -0.05) is 30.3 Å². The van der Waals surface area contributed by atoms with Gasteiger partial charge in [0.1, 0.15) is 5.25 Å².